The van der Waals surface area contributed by atoms with Crippen molar-refractivity contribution in [2.24, 2.45) is 0 Å². The Morgan fingerprint density at radius 1 is 1.21 bits per heavy atom. The first-order chi connectivity index (χ1) is 11.7. The van der Waals surface area contributed by atoms with E-state index in [2.05, 4.69) is 15.5 Å². The van der Waals surface area contributed by atoms with Crippen LogP contribution in [0.15, 0.2) is 42.6 Å². The van der Waals surface area contributed by atoms with Gasteiger partial charge in [-0.2, -0.15) is 0 Å². The van der Waals surface area contributed by atoms with Gasteiger partial charge in [0.05, 0.1) is 5.56 Å². The molecule has 1 amide bonds. The van der Waals surface area contributed by atoms with E-state index in [9.17, 15) is 9.18 Å². The van der Waals surface area contributed by atoms with Gasteiger partial charge in [0.15, 0.2) is 11.5 Å². The number of nitrogens with one attached hydrogen (secondary N) is 1. The van der Waals surface area contributed by atoms with Crippen LogP contribution in [0, 0.1) is 5.82 Å². The van der Waals surface area contributed by atoms with Crippen LogP contribution >= 0.6 is 0 Å². The molecular formula is C17H17FN4O2. The average molecular weight is 328 g/mol. The maximum atomic E-state index is 13.1. The highest BCUT2D eigenvalue weighted by Gasteiger charge is 2.11. The SMILES string of the molecule is COCCCNC(=O)c1ccc2nnc(-c3ccc(F)cc3)n2c1. The highest BCUT2D eigenvalue weighted by Crippen LogP contribution is 2.19. The maximum Gasteiger partial charge on any atom is 0.252 e. The molecule has 0 spiro atoms. The molecule has 2 heterocycles. The van der Waals surface area contributed by atoms with Crippen molar-refractivity contribution in [3.8, 4) is 11.4 Å². The number of pyridine rings is 1. The van der Waals surface area contributed by atoms with Crippen molar-refractivity contribution in [1.82, 2.24) is 19.9 Å². The van der Waals surface area contributed by atoms with Crippen molar-refractivity contribution in [3.63, 3.8) is 0 Å². The predicted molar refractivity (Wildman–Crippen MR) is 87.2 cm³/mol. The molecule has 3 aromatic rings. The maximum absolute atomic E-state index is 13.1. The van der Waals surface area contributed by atoms with Crippen LogP contribution in [-0.4, -0.2) is 40.8 Å². The summed E-state index contributed by atoms with van der Waals surface area (Å²) in [4.78, 5) is 12.2. The van der Waals surface area contributed by atoms with Gasteiger partial charge in [0, 0.05) is 32.0 Å². The number of halogens is 1. The van der Waals surface area contributed by atoms with Crippen molar-refractivity contribution in [1.29, 1.82) is 0 Å². The number of carbonyl (C=O) groups excluding carboxylic acids is 1. The van der Waals surface area contributed by atoms with Crippen molar-refractivity contribution >= 4 is 11.6 Å². The van der Waals surface area contributed by atoms with E-state index in [0.717, 1.165) is 12.0 Å². The van der Waals surface area contributed by atoms with Gasteiger partial charge < -0.3 is 10.1 Å². The van der Waals surface area contributed by atoms with Crippen LogP contribution in [0.25, 0.3) is 17.0 Å². The summed E-state index contributed by atoms with van der Waals surface area (Å²) in [5.74, 6) is 0.0643. The second kappa shape index (κ2) is 7.18. The van der Waals surface area contributed by atoms with Crippen LogP contribution in [0.1, 0.15) is 16.8 Å². The molecule has 124 valence electrons. The molecule has 0 saturated heterocycles. The fourth-order valence-corrected chi connectivity index (χ4v) is 2.34. The smallest absolute Gasteiger partial charge is 0.252 e. The first-order valence-electron chi connectivity index (χ1n) is 7.57. The number of amides is 1. The summed E-state index contributed by atoms with van der Waals surface area (Å²) >= 11 is 0. The molecule has 1 aromatic carbocycles. The zero-order valence-corrected chi connectivity index (χ0v) is 13.2. The standard InChI is InChI=1S/C17H17FN4O2/c1-24-10-2-9-19-17(23)13-5-8-15-20-21-16(22(15)11-13)12-3-6-14(18)7-4-12/h3-8,11H,2,9-10H2,1H3,(H,19,23). The molecule has 1 N–H and O–H groups in total. The number of benzene rings is 1. The van der Waals surface area contributed by atoms with Crippen LogP contribution in [-0.2, 0) is 4.74 Å². The minimum Gasteiger partial charge on any atom is -0.385 e. The lowest BCUT2D eigenvalue weighted by molar-refractivity contribution is 0.0948. The van der Waals surface area contributed by atoms with Gasteiger partial charge in [-0.15, -0.1) is 10.2 Å². The molecule has 24 heavy (non-hydrogen) atoms. The number of hydrogen-bond donors (Lipinski definition) is 1. The third-order valence-electron chi connectivity index (χ3n) is 3.58. The predicted octanol–water partition coefficient (Wildman–Crippen LogP) is 2.30. The number of aromatic nitrogens is 3. The summed E-state index contributed by atoms with van der Waals surface area (Å²) in [5, 5.41) is 11.0. The molecule has 0 unspecified atom stereocenters. The van der Waals surface area contributed by atoms with E-state index >= 15 is 0 Å². The Balaban J connectivity index is 1.85. The molecule has 0 fully saturated rings. The van der Waals surface area contributed by atoms with E-state index in [-0.39, 0.29) is 11.7 Å². The number of rotatable bonds is 6. The molecule has 0 aliphatic heterocycles. The molecule has 3 rings (SSSR count). The Morgan fingerprint density at radius 2 is 2.00 bits per heavy atom. The van der Waals surface area contributed by atoms with Crippen molar-refractivity contribution < 1.29 is 13.9 Å². The highest BCUT2D eigenvalue weighted by atomic mass is 19.1. The molecule has 6 nitrogen and oxygen atoms in total. The van der Waals surface area contributed by atoms with Crippen molar-refractivity contribution in [2.75, 3.05) is 20.3 Å². The molecule has 0 atom stereocenters. The van der Waals surface area contributed by atoms with Gasteiger partial charge in [-0.1, -0.05) is 0 Å². The van der Waals surface area contributed by atoms with Gasteiger partial charge >= 0.3 is 0 Å². The van der Waals surface area contributed by atoms with Crippen LogP contribution in [0.5, 0.6) is 0 Å². The van der Waals surface area contributed by atoms with E-state index in [1.54, 1.807) is 42.0 Å². The summed E-state index contributed by atoms with van der Waals surface area (Å²) in [6.07, 6.45) is 2.43. The van der Waals surface area contributed by atoms with E-state index in [4.69, 9.17) is 4.74 Å². The van der Waals surface area contributed by atoms with E-state index < -0.39 is 0 Å². The number of fused-ring (bicyclic) bond motifs is 1. The number of hydrogen-bond acceptors (Lipinski definition) is 4. The van der Waals surface area contributed by atoms with E-state index in [0.29, 0.717) is 30.2 Å². The first-order valence-corrected chi connectivity index (χ1v) is 7.57. The Bertz CT molecular complexity index is 845. The van der Waals surface area contributed by atoms with Crippen LogP contribution in [0.2, 0.25) is 0 Å². The Hall–Kier alpha value is -2.80. The quantitative estimate of drug-likeness (QED) is 0.705. The van der Waals surface area contributed by atoms with E-state index in [1.807, 2.05) is 0 Å². The van der Waals surface area contributed by atoms with Crippen LogP contribution in [0.3, 0.4) is 0 Å². The Labute approximate surface area is 138 Å². The highest BCUT2D eigenvalue weighted by molar-refractivity contribution is 5.94. The Kier molecular flexibility index (Phi) is 4.81. The molecule has 0 aliphatic rings. The third-order valence-corrected chi connectivity index (χ3v) is 3.58. The van der Waals surface area contributed by atoms with Crippen LogP contribution in [0.4, 0.5) is 4.39 Å². The van der Waals surface area contributed by atoms with Gasteiger partial charge in [0.2, 0.25) is 0 Å². The lowest BCUT2D eigenvalue weighted by Crippen LogP contribution is -2.25. The Morgan fingerprint density at radius 3 is 2.75 bits per heavy atom. The zero-order chi connectivity index (χ0) is 16.9. The minimum absolute atomic E-state index is 0.174. The molecular weight excluding hydrogens is 311 g/mol. The molecule has 2 aromatic heterocycles. The number of ether oxygens (including phenoxy) is 1. The van der Waals surface area contributed by atoms with Gasteiger partial charge in [0.1, 0.15) is 5.82 Å². The third kappa shape index (κ3) is 3.41. The van der Waals surface area contributed by atoms with Crippen LogP contribution < -0.4 is 5.32 Å². The van der Waals surface area contributed by atoms with E-state index in [1.165, 1.54) is 12.1 Å². The number of methoxy groups -OCH3 is 1. The first kappa shape index (κ1) is 16.1. The second-order valence-electron chi connectivity index (χ2n) is 5.28. The van der Waals surface area contributed by atoms with Gasteiger partial charge in [-0.3, -0.25) is 9.20 Å². The molecule has 0 bridgehead atoms. The fraction of sp³-hybridized carbons (Fsp3) is 0.235. The van der Waals surface area contributed by atoms with Crippen molar-refractivity contribution in [2.45, 2.75) is 6.42 Å². The summed E-state index contributed by atoms with van der Waals surface area (Å²) in [5.41, 5.74) is 1.84. The summed E-state index contributed by atoms with van der Waals surface area (Å²) in [7, 11) is 1.62. The topological polar surface area (TPSA) is 68.5 Å². The minimum atomic E-state index is -0.316. The largest absolute Gasteiger partial charge is 0.385 e. The van der Waals surface area contributed by atoms with Gasteiger partial charge in [0.25, 0.3) is 5.91 Å². The molecule has 0 saturated carbocycles. The summed E-state index contributed by atoms with van der Waals surface area (Å²) < 4.78 is 19.8. The monoisotopic (exact) mass is 328 g/mol. The van der Waals surface area contributed by atoms with Crippen molar-refractivity contribution in [3.05, 3.63) is 54.0 Å². The van der Waals surface area contributed by atoms with Gasteiger partial charge in [-0.05, 0) is 42.8 Å². The lowest BCUT2D eigenvalue weighted by atomic mass is 10.2. The zero-order valence-electron chi connectivity index (χ0n) is 13.2. The molecule has 7 heteroatoms. The summed E-state index contributed by atoms with van der Waals surface area (Å²) in [6.45, 7) is 1.14. The lowest BCUT2D eigenvalue weighted by Gasteiger charge is -2.06. The fourth-order valence-electron chi connectivity index (χ4n) is 2.34. The number of nitrogens with zero attached hydrogens (tertiary/aromatic N) is 3. The number of carbonyl (C=O) groups is 1. The molecule has 0 aliphatic carbocycles. The molecule has 0 radical (unpaired) electrons. The van der Waals surface area contributed by atoms with Gasteiger partial charge in [-0.25, -0.2) is 4.39 Å². The second-order valence-corrected chi connectivity index (χ2v) is 5.28. The normalized spacial score (nSPS) is 10.9. The summed E-state index contributed by atoms with van der Waals surface area (Å²) in [6, 6.07) is 9.41. The average Bonchev–Trinajstić information content (AvgIpc) is 3.02.